The SMILES string of the molecule is CCNc1cc(N2CCN(C)CC2C)nc(C(F)(F)F)n1. The van der Waals surface area contributed by atoms with Crippen LogP contribution in [0.2, 0.25) is 0 Å². The van der Waals surface area contributed by atoms with Gasteiger partial charge in [0.05, 0.1) is 0 Å². The number of anilines is 2. The highest BCUT2D eigenvalue weighted by Crippen LogP contribution is 2.30. The summed E-state index contributed by atoms with van der Waals surface area (Å²) >= 11 is 0. The number of nitrogens with zero attached hydrogens (tertiary/aromatic N) is 4. The molecule has 2 rings (SSSR count). The molecule has 1 unspecified atom stereocenters. The van der Waals surface area contributed by atoms with Crippen molar-refractivity contribution in [3.63, 3.8) is 0 Å². The fraction of sp³-hybridized carbons (Fsp3) is 0.692. The Hall–Kier alpha value is -1.57. The zero-order valence-electron chi connectivity index (χ0n) is 12.4. The molecule has 118 valence electrons. The van der Waals surface area contributed by atoms with Gasteiger partial charge < -0.3 is 15.1 Å². The maximum atomic E-state index is 12.9. The van der Waals surface area contributed by atoms with Crippen molar-refractivity contribution < 1.29 is 13.2 Å². The van der Waals surface area contributed by atoms with Gasteiger partial charge in [-0.05, 0) is 20.9 Å². The van der Waals surface area contributed by atoms with Crippen LogP contribution in [0.15, 0.2) is 6.07 Å². The van der Waals surface area contributed by atoms with Crippen LogP contribution in [0.25, 0.3) is 0 Å². The summed E-state index contributed by atoms with van der Waals surface area (Å²) in [5, 5.41) is 2.83. The van der Waals surface area contributed by atoms with Crippen LogP contribution in [0.3, 0.4) is 0 Å². The molecular formula is C13H20F3N5. The zero-order chi connectivity index (χ0) is 15.6. The van der Waals surface area contributed by atoms with E-state index < -0.39 is 12.0 Å². The largest absolute Gasteiger partial charge is 0.451 e. The lowest BCUT2D eigenvalue weighted by Crippen LogP contribution is -2.51. The van der Waals surface area contributed by atoms with Gasteiger partial charge in [-0.15, -0.1) is 0 Å². The molecule has 0 spiro atoms. The first-order chi connectivity index (χ1) is 9.81. The van der Waals surface area contributed by atoms with E-state index in [9.17, 15) is 13.2 Å². The van der Waals surface area contributed by atoms with E-state index in [4.69, 9.17) is 0 Å². The predicted octanol–water partition coefficient (Wildman–Crippen LogP) is 2.07. The molecule has 0 aromatic carbocycles. The second-order valence-corrected chi connectivity index (χ2v) is 5.27. The van der Waals surface area contributed by atoms with Crippen LogP contribution in [0, 0.1) is 0 Å². The maximum Gasteiger partial charge on any atom is 0.451 e. The molecule has 0 radical (unpaired) electrons. The Morgan fingerprint density at radius 1 is 1.33 bits per heavy atom. The van der Waals surface area contributed by atoms with E-state index in [1.807, 2.05) is 25.8 Å². The summed E-state index contributed by atoms with van der Waals surface area (Å²) < 4.78 is 38.8. The van der Waals surface area contributed by atoms with Crippen molar-refractivity contribution in [2.45, 2.75) is 26.1 Å². The Balaban J connectivity index is 2.35. The number of piperazine rings is 1. The first-order valence-corrected chi connectivity index (χ1v) is 6.96. The highest BCUT2D eigenvalue weighted by Gasteiger charge is 2.36. The molecule has 1 atom stereocenters. The van der Waals surface area contributed by atoms with Gasteiger partial charge in [0, 0.05) is 38.3 Å². The average molecular weight is 303 g/mol. The smallest absolute Gasteiger partial charge is 0.370 e. The fourth-order valence-corrected chi connectivity index (χ4v) is 2.46. The second-order valence-electron chi connectivity index (χ2n) is 5.27. The number of alkyl halides is 3. The number of halogens is 3. The molecule has 5 nitrogen and oxygen atoms in total. The maximum absolute atomic E-state index is 12.9. The molecule has 1 N–H and O–H groups in total. The molecule has 21 heavy (non-hydrogen) atoms. The van der Waals surface area contributed by atoms with E-state index in [-0.39, 0.29) is 11.9 Å². The number of likely N-dealkylation sites (N-methyl/N-ethyl adjacent to an activating group) is 1. The van der Waals surface area contributed by atoms with Crippen molar-refractivity contribution >= 4 is 11.6 Å². The molecule has 0 saturated carbocycles. The summed E-state index contributed by atoms with van der Waals surface area (Å²) in [5.74, 6) is -0.558. The van der Waals surface area contributed by atoms with Gasteiger partial charge in [-0.25, -0.2) is 9.97 Å². The van der Waals surface area contributed by atoms with Crippen molar-refractivity contribution in [1.29, 1.82) is 0 Å². The summed E-state index contributed by atoms with van der Waals surface area (Å²) in [6, 6.07) is 1.69. The lowest BCUT2D eigenvalue weighted by Gasteiger charge is -2.39. The van der Waals surface area contributed by atoms with Crippen LogP contribution in [0.1, 0.15) is 19.7 Å². The van der Waals surface area contributed by atoms with Crippen LogP contribution >= 0.6 is 0 Å². The number of hydrogen-bond donors (Lipinski definition) is 1. The molecular weight excluding hydrogens is 283 g/mol. The summed E-state index contributed by atoms with van der Waals surface area (Å²) in [7, 11) is 2.00. The third-order valence-corrected chi connectivity index (χ3v) is 3.45. The van der Waals surface area contributed by atoms with E-state index in [1.165, 1.54) is 0 Å². The predicted molar refractivity (Wildman–Crippen MR) is 75.5 cm³/mol. The fourth-order valence-electron chi connectivity index (χ4n) is 2.46. The lowest BCUT2D eigenvalue weighted by atomic mass is 10.2. The lowest BCUT2D eigenvalue weighted by molar-refractivity contribution is -0.144. The van der Waals surface area contributed by atoms with Gasteiger partial charge in [0.2, 0.25) is 5.82 Å². The van der Waals surface area contributed by atoms with Crippen molar-refractivity contribution in [1.82, 2.24) is 14.9 Å². The van der Waals surface area contributed by atoms with Gasteiger partial charge in [-0.1, -0.05) is 0 Å². The first-order valence-electron chi connectivity index (χ1n) is 6.96. The molecule has 0 aliphatic carbocycles. The standard InChI is InChI=1S/C13H20F3N5/c1-4-17-10-7-11(19-12(18-10)13(14,15)16)21-6-5-20(3)8-9(21)2/h7,9H,4-6,8H2,1-3H3,(H,17,18,19). The van der Waals surface area contributed by atoms with E-state index in [0.29, 0.717) is 18.9 Å². The Morgan fingerprint density at radius 3 is 2.62 bits per heavy atom. The highest BCUT2D eigenvalue weighted by atomic mass is 19.4. The van der Waals surface area contributed by atoms with Crippen LogP contribution in [-0.4, -0.2) is 54.1 Å². The summed E-state index contributed by atoms with van der Waals surface area (Å²) in [6.07, 6.45) is -4.55. The molecule has 8 heteroatoms. The number of rotatable bonds is 3. The Morgan fingerprint density at radius 2 is 2.05 bits per heavy atom. The van der Waals surface area contributed by atoms with E-state index in [0.717, 1.165) is 13.1 Å². The van der Waals surface area contributed by atoms with Gasteiger partial charge in [-0.3, -0.25) is 0 Å². The number of hydrogen-bond acceptors (Lipinski definition) is 5. The Bertz CT molecular complexity index is 491. The topological polar surface area (TPSA) is 44.3 Å². The molecule has 0 amide bonds. The second kappa shape index (κ2) is 6.05. The van der Waals surface area contributed by atoms with E-state index in [2.05, 4.69) is 20.2 Å². The van der Waals surface area contributed by atoms with Gasteiger partial charge in [-0.2, -0.15) is 13.2 Å². The number of nitrogens with one attached hydrogen (secondary N) is 1. The average Bonchev–Trinajstić information content (AvgIpc) is 2.37. The molecule has 1 aliphatic heterocycles. The minimum Gasteiger partial charge on any atom is -0.370 e. The molecule has 1 saturated heterocycles. The summed E-state index contributed by atoms with van der Waals surface area (Å²) in [5.41, 5.74) is 0. The normalized spacial score (nSPS) is 20.7. The molecule has 1 aromatic heterocycles. The van der Waals surface area contributed by atoms with Gasteiger partial charge in [0.1, 0.15) is 11.6 Å². The van der Waals surface area contributed by atoms with E-state index >= 15 is 0 Å². The third kappa shape index (κ3) is 3.75. The minimum atomic E-state index is -4.55. The third-order valence-electron chi connectivity index (χ3n) is 3.45. The monoisotopic (exact) mass is 303 g/mol. The van der Waals surface area contributed by atoms with Crippen LogP contribution in [0.5, 0.6) is 0 Å². The molecule has 2 heterocycles. The van der Waals surface area contributed by atoms with Gasteiger partial charge in [0.25, 0.3) is 0 Å². The highest BCUT2D eigenvalue weighted by molar-refractivity contribution is 5.50. The van der Waals surface area contributed by atoms with Crippen LogP contribution < -0.4 is 10.2 Å². The van der Waals surface area contributed by atoms with Gasteiger partial charge >= 0.3 is 6.18 Å². The van der Waals surface area contributed by atoms with Crippen molar-refractivity contribution in [2.24, 2.45) is 0 Å². The van der Waals surface area contributed by atoms with Crippen molar-refractivity contribution in [2.75, 3.05) is 43.4 Å². The quantitative estimate of drug-likeness (QED) is 0.926. The molecule has 1 fully saturated rings. The Kier molecular flexibility index (Phi) is 4.55. The van der Waals surface area contributed by atoms with Crippen molar-refractivity contribution in [3.05, 3.63) is 11.9 Å². The molecule has 1 aromatic rings. The van der Waals surface area contributed by atoms with Gasteiger partial charge in [0.15, 0.2) is 0 Å². The number of aromatic nitrogens is 2. The zero-order valence-corrected chi connectivity index (χ0v) is 12.4. The van der Waals surface area contributed by atoms with Crippen LogP contribution in [-0.2, 0) is 6.18 Å². The minimum absolute atomic E-state index is 0.106. The summed E-state index contributed by atoms with van der Waals surface area (Å²) in [4.78, 5) is 11.3. The molecule has 0 bridgehead atoms. The first kappa shape index (κ1) is 15.8. The summed E-state index contributed by atoms with van der Waals surface area (Å²) in [6.45, 7) is 6.54. The van der Waals surface area contributed by atoms with E-state index in [1.54, 1.807) is 6.07 Å². The Labute approximate surface area is 122 Å². The van der Waals surface area contributed by atoms with Crippen molar-refractivity contribution in [3.8, 4) is 0 Å². The molecule has 1 aliphatic rings. The van der Waals surface area contributed by atoms with Crippen LogP contribution in [0.4, 0.5) is 24.8 Å².